The van der Waals surface area contributed by atoms with Gasteiger partial charge in [0.1, 0.15) is 5.60 Å². The highest BCUT2D eigenvalue weighted by Gasteiger charge is 2.39. The van der Waals surface area contributed by atoms with Crippen molar-refractivity contribution >= 4 is 29.3 Å². The molecule has 7 heteroatoms. The first-order valence-electron chi connectivity index (χ1n) is 7.90. The normalized spacial score (nSPS) is 16.4. The third kappa shape index (κ3) is 4.96. The molecule has 0 unspecified atom stereocenters. The van der Waals surface area contributed by atoms with Crippen LogP contribution < -0.4 is 10.6 Å². The molecule has 6 nitrogen and oxygen atoms in total. The van der Waals surface area contributed by atoms with E-state index >= 15 is 0 Å². The summed E-state index contributed by atoms with van der Waals surface area (Å²) in [4.78, 5) is 23.8. The highest BCUT2D eigenvalue weighted by atomic mass is 32.2. The van der Waals surface area contributed by atoms with E-state index in [1.807, 2.05) is 24.3 Å². The van der Waals surface area contributed by atoms with Crippen molar-refractivity contribution in [2.24, 2.45) is 0 Å². The lowest BCUT2D eigenvalue weighted by molar-refractivity contribution is -0.140. The molecule has 0 aromatic heterocycles. The molecule has 1 amide bonds. The quantitative estimate of drug-likeness (QED) is 0.729. The Labute approximate surface area is 146 Å². The Kier molecular flexibility index (Phi) is 7.08. The zero-order valence-electron chi connectivity index (χ0n) is 14.1. The Balaban J connectivity index is 1.95. The van der Waals surface area contributed by atoms with Crippen molar-refractivity contribution in [3.8, 4) is 0 Å². The van der Waals surface area contributed by atoms with Crippen molar-refractivity contribution < 1.29 is 19.1 Å². The minimum absolute atomic E-state index is 0.106. The van der Waals surface area contributed by atoms with Crippen molar-refractivity contribution in [2.45, 2.75) is 24.2 Å². The smallest absolute Gasteiger partial charge is 0.315 e. The highest BCUT2D eigenvalue weighted by molar-refractivity contribution is 7.99. The lowest BCUT2D eigenvalue weighted by Gasteiger charge is -2.34. The van der Waals surface area contributed by atoms with Gasteiger partial charge in [0, 0.05) is 18.6 Å². The SMILES string of the molecule is COC(=O)CSCc1cccc(NC(=O)C2(OC)CCNCC2)c1. The summed E-state index contributed by atoms with van der Waals surface area (Å²) < 4.78 is 10.2. The topological polar surface area (TPSA) is 76.7 Å². The minimum atomic E-state index is -0.763. The van der Waals surface area contributed by atoms with Crippen molar-refractivity contribution in [2.75, 3.05) is 38.4 Å². The van der Waals surface area contributed by atoms with Crippen LogP contribution in [0.1, 0.15) is 18.4 Å². The van der Waals surface area contributed by atoms with Gasteiger partial charge in [-0.2, -0.15) is 0 Å². The Morgan fingerprint density at radius 2 is 2.04 bits per heavy atom. The number of carbonyl (C=O) groups is 2. The zero-order chi connectivity index (χ0) is 17.4. The molecule has 1 saturated heterocycles. The van der Waals surface area contributed by atoms with Crippen LogP contribution in [0, 0.1) is 0 Å². The standard InChI is InChI=1S/C17H24N2O4S/c1-22-15(20)12-24-11-13-4-3-5-14(10-13)19-16(21)17(23-2)6-8-18-9-7-17/h3-5,10,18H,6-9,11-12H2,1-2H3,(H,19,21). The maximum Gasteiger partial charge on any atom is 0.315 e. The number of hydrogen-bond donors (Lipinski definition) is 2. The molecule has 1 heterocycles. The highest BCUT2D eigenvalue weighted by Crippen LogP contribution is 2.25. The summed E-state index contributed by atoms with van der Waals surface area (Å²) in [6.07, 6.45) is 1.31. The molecule has 132 valence electrons. The van der Waals surface area contributed by atoms with Gasteiger partial charge in [-0.1, -0.05) is 12.1 Å². The van der Waals surface area contributed by atoms with E-state index in [4.69, 9.17) is 4.74 Å². The Morgan fingerprint density at radius 3 is 2.71 bits per heavy atom. The number of hydrogen-bond acceptors (Lipinski definition) is 6. The van der Waals surface area contributed by atoms with Crippen LogP contribution in [0.3, 0.4) is 0 Å². The number of ether oxygens (including phenoxy) is 2. The number of piperidine rings is 1. The molecule has 24 heavy (non-hydrogen) atoms. The molecule has 0 spiro atoms. The lowest BCUT2D eigenvalue weighted by atomic mass is 9.91. The Morgan fingerprint density at radius 1 is 1.29 bits per heavy atom. The molecule has 0 atom stereocenters. The minimum Gasteiger partial charge on any atom is -0.468 e. The van der Waals surface area contributed by atoms with Crippen LogP contribution in [0.25, 0.3) is 0 Å². The molecule has 0 saturated carbocycles. The van der Waals surface area contributed by atoms with E-state index in [0.29, 0.717) is 24.3 Å². The van der Waals surface area contributed by atoms with E-state index in [1.54, 1.807) is 7.11 Å². The third-order valence-corrected chi connectivity index (χ3v) is 5.09. The molecule has 2 N–H and O–H groups in total. The second-order valence-corrected chi connectivity index (χ2v) is 6.66. The molecule has 1 aliphatic heterocycles. The molecule has 1 aliphatic rings. The van der Waals surface area contributed by atoms with Gasteiger partial charge in [-0.15, -0.1) is 11.8 Å². The van der Waals surface area contributed by atoms with Crippen LogP contribution in [-0.2, 0) is 24.8 Å². The summed E-state index contributed by atoms with van der Waals surface area (Å²) in [5, 5.41) is 6.20. The van der Waals surface area contributed by atoms with Crippen molar-refractivity contribution in [1.29, 1.82) is 0 Å². The van der Waals surface area contributed by atoms with Crippen LogP contribution in [0.4, 0.5) is 5.69 Å². The maximum atomic E-state index is 12.6. The van der Waals surface area contributed by atoms with Gasteiger partial charge in [0.25, 0.3) is 5.91 Å². The van der Waals surface area contributed by atoms with Gasteiger partial charge < -0.3 is 20.1 Å². The average molecular weight is 352 g/mol. The molecule has 1 aromatic carbocycles. The maximum absolute atomic E-state index is 12.6. The predicted octanol–water partition coefficient (Wildman–Crippen LogP) is 1.80. The van der Waals surface area contributed by atoms with Crippen molar-refractivity contribution in [1.82, 2.24) is 5.32 Å². The van der Waals surface area contributed by atoms with Gasteiger partial charge in [0.2, 0.25) is 0 Å². The lowest BCUT2D eigenvalue weighted by Crippen LogP contribution is -2.51. The first kappa shape index (κ1) is 18.8. The molecular formula is C17H24N2O4S. The summed E-state index contributed by atoms with van der Waals surface area (Å²) in [5.41, 5.74) is 1.02. The summed E-state index contributed by atoms with van der Waals surface area (Å²) in [7, 11) is 2.97. The fourth-order valence-corrected chi connectivity index (χ4v) is 3.45. The average Bonchev–Trinajstić information content (AvgIpc) is 2.62. The van der Waals surface area contributed by atoms with Gasteiger partial charge in [-0.25, -0.2) is 0 Å². The summed E-state index contributed by atoms with van der Waals surface area (Å²) in [6.45, 7) is 1.54. The van der Waals surface area contributed by atoms with E-state index in [1.165, 1.54) is 18.9 Å². The number of anilines is 1. The second-order valence-electron chi connectivity index (χ2n) is 5.67. The van der Waals surface area contributed by atoms with Crippen LogP contribution in [0.5, 0.6) is 0 Å². The monoisotopic (exact) mass is 352 g/mol. The van der Waals surface area contributed by atoms with E-state index in [-0.39, 0.29) is 11.9 Å². The van der Waals surface area contributed by atoms with Gasteiger partial charge in [0.05, 0.1) is 12.9 Å². The fourth-order valence-electron chi connectivity index (χ4n) is 2.65. The number of rotatable bonds is 7. The van der Waals surface area contributed by atoms with E-state index in [0.717, 1.165) is 24.3 Å². The van der Waals surface area contributed by atoms with Gasteiger partial charge in [-0.3, -0.25) is 9.59 Å². The fraction of sp³-hybridized carbons (Fsp3) is 0.529. The van der Waals surface area contributed by atoms with Crippen LogP contribution in [0.2, 0.25) is 0 Å². The molecule has 0 aliphatic carbocycles. The zero-order valence-corrected chi connectivity index (χ0v) is 14.9. The first-order valence-corrected chi connectivity index (χ1v) is 9.06. The van der Waals surface area contributed by atoms with Gasteiger partial charge in [0.15, 0.2) is 0 Å². The van der Waals surface area contributed by atoms with E-state index in [2.05, 4.69) is 15.4 Å². The number of amides is 1. The van der Waals surface area contributed by atoms with E-state index < -0.39 is 5.60 Å². The Hall–Kier alpha value is -1.57. The molecule has 2 rings (SSSR count). The van der Waals surface area contributed by atoms with Crippen molar-refractivity contribution in [3.05, 3.63) is 29.8 Å². The van der Waals surface area contributed by atoms with Crippen LogP contribution in [-0.4, -0.2) is 50.5 Å². The number of nitrogens with one attached hydrogen (secondary N) is 2. The number of thioether (sulfide) groups is 1. The number of benzene rings is 1. The van der Waals surface area contributed by atoms with Gasteiger partial charge >= 0.3 is 5.97 Å². The number of methoxy groups -OCH3 is 2. The van der Waals surface area contributed by atoms with E-state index in [9.17, 15) is 9.59 Å². The number of carbonyl (C=O) groups excluding carboxylic acids is 2. The largest absolute Gasteiger partial charge is 0.468 e. The number of esters is 1. The third-order valence-electron chi connectivity index (χ3n) is 4.12. The molecule has 0 radical (unpaired) electrons. The second kappa shape index (κ2) is 9.05. The summed E-state index contributed by atoms with van der Waals surface area (Å²) in [5.74, 6) is 0.647. The molecule has 0 bridgehead atoms. The van der Waals surface area contributed by atoms with Crippen LogP contribution >= 0.6 is 11.8 Å². The Bertz CT molecular complexity index is 573. The predicted molar refractivity (Wildman–Crippen MR) is 95.1 cm³/mol. The van der Waals surface area contributed by atoms with Crippen LogP contribution in [0.15, 0.2) is 24.3 Å². The van der Waals surface area contributed by atoms with Crippen molar-refractivity contribution in [3.63, 3.8) is 0 Å². The molecule has 1 fully saturated rings. The van der Waals surface area contributed by atoms with Gasteiger partial charge in [-0.05, 0) is 43.6 Å². The summed E-state index contributed by atoms with van der Waals surface area (Å²) >= 11 is 1.48. The molecule has 1 aromatic rings. The first-order chi connectivity index (χ1) is 11.6. The molecular weight excluding hydrogens is 328 g/mol. The summed E-state index contributed by atoms with van der Waals surface area (Å²) in [6, 6.07) is 7.64.